The number of hydrogen-bond donors (Lipinski definition) is 3. The molecule has 29 heavy (non-hydrogen) atoms. The Morgan fingerprint density at radius 3 is 1.93 bits per heavy atom. The Hall–Kier alpha value is -3.62. The molecule has 4 N–H and O–H groups in total. The van der Waals surface area contributed by atoms with Crippen LogP contribution in [0.2, 0.25) is 0 Å². The highest BCUT2D eigenvalue weighted by Crippen LogP contribution is 2.32. The maximum atomic E-state index is 11.5. The summed E-state index contributed by atoms with van der Waals surface area (Å²) in [6, 6.07) is 19.2. The van der Waals surface area contributed by atoms with Gasteiger partial charge in [0.2, 0.25) is 0 Å². The molecule has 0 aliphatic rings. The molecular formula is C22H19N3O4-2. The Balaban J connectivity index is 2.07. The number of rotatable bonds is 6. The van der Waals surface area contributed by atoms with Crippen LogP contribution in [0.4, 0.5) is 17.1 Å². The van der Waals surface area contributed by atoms with E-state index in [4.69, 9.17) is 5.73 Å². The molecule has 0 aliphatic heterocycles. The van der Waals surface area contributed by atoms with Crippen molar-refractivity contribution >= 4 is 41.4 Å². The van der Waals surface area contributed by atoms with E-state index in [2.05, 4.69) is 0 Å². The van der Waals surface area contributed by atoms with Crippen molar-refractivity contribution in [3.8, 4) is 0 Å². The van der Waals surface area contributed by atoms with Crippen molar-refractivity contribution in [1.29, 1.82) is 0 Å². The third-order valence-corrected chi connectivity index (χ3v) is 4.28. The molecule has 3 rings (SSSR count). The lowest BCUT2D eigenvalue weighted by Gasteiger charge is -2.39. The Morgan fingerprint density at radius 2 is 1.28 bits per heavy atom. The summed E-state index contributed by atoms with van der Waals surface area (Å²) in [6.07, 6.45) is 6.68. The SMILES string of the molecule is Nc1ccccc1C=Cc1cc(C=Cc2ccccc2)c(N([O-])[O-])cc1N(O)O. The first-order valence-electron chi connectivity index (χ1n) is 8.72. The molecule has 0 fully saturated rings. The van der Waals surface area contributed by atoms with Gasteiger partial charge in [0, 0.05) is 16.9 Å². The highest BCUT2D eigenvalue weighted by atomic mass is 16.8. The van der Waals surface area contributed by atoms with Crippen molar-refractivity contribution in [1.82, 2.24) is 0 Å². The lowest BCUT2D eigenvalue weighted by atomic mass is 10.0. The summed E-state index contributed by atoms with van der Waals surface area (Å²) < 4.78 is 0. The molecule has 0 saturated heterocycles. The van der Waals surface area contributed by atoms with E-state index in [9.17, 15) is 20.8 Å². The molecule has 148 valence electrons. The molecular weight excluding hydrogens is 370 g/mol. The van der Waals surface area contributed by atoms with E-state index < -0.39 is 5.23 Å². The van der Waals surface area contributed by atoms with Crippen LogP contribution < -0.4 is 16.2 Å². The van der Waals surface area contributed by atoms with Crippen LogP contribution in [0.15, 0.2) is 66.7 Å². The predicted molar refractivity (Wildman–Crippen MR) is 117 cm³/mol. The van der Waals surface area contributed by atoms with Gasteiger partial charge in [-0.25, -0.2) is 0 Å². The summed E-state index contributed by atoms with van der Waals surface area (Å²) in [7, 11) is 0. The highest BCUT2D eigenvalue weighted by molar-refractivity contribution is 5.86. The molecule has 0 saturated carbocycles. The van der Waals surface area contributed by atoms with E-state index in [0.29, 0.717) is 16.8 Å². The number of nitrogen functional groups attached to an aromatic ring is 1. The number of nitrogens with two attached hydrogens (primary N) is 1. The van der Waals surface area contributed by atoms with Gasteiger partial charge < -0.3 is 21.4 Å². The summed E-state index contributed by atoms with van der Waals surface area (Å²) in [5, 5.41) is 41.4. The third kappa shape index (κ3) is 5.01. The fourth-order valence-electron chi connectivity index (χ4n) is 2.80. The van der Waals surface area contributed by atoms with Crippen LogP contribution in [0.1, 0.15) is 22.3 Å². The van der Waals surface area contributed by atoms with Crippen LogP contribution in [0.3, 0.4) is 0 Å². The molecule has 0 aromatic heterocycles. The quantitative estimate of drug-likeness (QED) is 0.308. The van der Waals surface area contributed by atoms with Gasteiger partial charge in [0.05, 0.1) is 0 Å². The fourth-order valence-corrected chi connectivity index (χ4v) is 2.80. The summed E-state index contributed by atoms with van der Waals surface area (Å²) in [4.78, 5) is 0. The Labute approximate surface area is 167 Å². The van der Waals surface area contributed by atoms with Gasteiger partial charge in [-0.15, -0.1) is 5.23 Å². The zero-order valence-corrected chi connectivity index (χ0v) is 15.3. The minimum absolute atomic E-state index is 0.126. The third-order valence-electron chi connectivity index (χ3n) is 4.28. The number of benzene rings is 3. The Bertz CT molecular complexity index is 1030. The molecule has 3 aromatic rings. The van der Waals surface area contributed by atoms with E-state index in [0.717, 1.165) is 17.2 Å². The van der Waals surface area contributed by atoms with E-state index in [-0.39, 0.29) is 16.6 Å². The fraction of sp³-hybridized carbons (Fsp3) is 0. The molecule has 7 nitrogen and oxygen atoms in total. The van der Waals surface area contributed by atoms with Crippen molar-refractivity contribution in [2.45, 2.75) is 0 Å². The van der Waals surface area contributed by atoms with Crippen molar-refractivity contribution in [2.75, 3.05) is 16.2 Å². The lowest BCUT2D eigenvalue weighted by molar-refractivity contribution is 0.0291. The van der Waals surface area contributed by atoms with E-state index in [1.165, 1.54) is 6.07 Å². The van der Waals surface area contributed by atoms with E-state index >= 15 is 0 Å². The van der Waals surface area contributed by atoms with Crippen LogP contribution in [0, 0.1) is 10.4 Å². The monoisotopic (exact) mass is 389 g/mol. The molecule has 3 aromatic carbocycles. The van der Waals surface area contributed by atoms with Crippen molar-refractivity contribution in [3.63, 3.8) is 0 Å². The van der Waals surface area contributed by atoms with Gasteiger partial charge in [0.25, 0.3) is 0 Å². The zero-order valence-electron chi connectivity index (χ0n) is 15.3. The van der Waals surface area contributed by atoms with Gasteiger partial charge in [-0.05, 0) is 34.9 Å². The molecule has 0 aliphatic carbocycles. The van der Waals surface area contributed by atoms with Gasteiger partial charge in [-0.1, -0.05) is 72.8 Å². The first kappa shape index (κ1) is 20.1. The van der Waals surface area contributed by atoms with Gasteiger partial charge in [0.15, 0.2) is 0 Å². The van der Waals surface area contributed by atoms with Gasteiger partial charge in [-0.3, -0.25) is 10.4 Å². The van der Waals surface area contributed by atoms with E-state index in [1.807, 2.05) is 42.5 Å². The average Bonchev–Trinajstić information content (AvgIpc) is 2.71. The second-order valence-corrected chi connectivity index (χ2v) is 6.22. The second kappa shape index (κ2) is 9.05. The number of anilines is 3. The standard InChI is InChI=1S/C22H19N3O4/c23-20-9-5-4-8-17(20)12-13-19-14-18(11-10-16-6-2-1-3-7-16)21(24(26)27)15-22(19)25(28)29/h1-15,28-29H,23H2/q-2. The van der Waals surface area contributed by atoms with Gasteiger partial charge in [-0.2, -0.15) is 0 Å². The molecule has 0 radical (unpaired) electrons. The minimum atomic E-state index is -0.569. The topological polar surface area (TPSA) is 119 Å². The second-order valence-electron chi connectivity index (χ2n) is 6.22. The number of para-hydroxylation sites is 1. The molecule has 0 spiro atoms. The number of nitrogens with zero attached hydrogens (tertiary/aromatic N) is 2. The first-order valence-corrected chi connectivity index (χ1v) is 8.72. The molecule has 0 atom stereocenters. The van der Waals surface area contributed by atoms with Crippen LogP contribution in [-0.4, -0.2) is 10.4 Å². The molecule has 0 bridgehead atoms. The molecule has 7 heteroatoms. The van der Waals surface area contributed by atoms with Crippen LogP contribution in [0.5, 0.6) is 0 Å². The van der Waals surface area contributed by atoms with Crippen LogP contribution >= 0.6 is 0 Å². The minimum Gasteiger partial charge on any atom is -0.769 e. The number of hydrogen-bond acceptors (Lipinski definition) is 7. The summed E-state index contributed by atoms with van der Waals surface area (Å²) in [5.74, 6) is 0. The van der Waals surface area contributed by atoms with Gasteiger partial charge in [0.1, 0.15) is 5.69 Å². The maximum absolute atomic E-state index is 11.5. The molecule has 0 unspecified atom stereocenters. The van der Waals surface area contributed by atoms with Gasteiger partial charge >= 0.3 is 0 Å². The van der Waals surface area contributed by atoms with Crippen LogP contribution in [-0.2, 0) is 0 Å². The van der Waals surface area contributed by atoms with Crippen molar-refractivity contribution in [2.24, 2.45) is 0 Å². The Kier molecular flexibility index (Phi) is 6.28. The van der Waals surface area contributed by atoms with Crippen molar-refractivity contribution < 1.29 is 10.4 Å². The molecule has 0 amide bonds. The highest BCUT2D eigenvalue weighted by Gasteiger charge is 2.10. The average molecular weight is 389 g/mol. The smallest absolute Gasteiger partial charge is 0.103 e. The predicted octanol–water partition coefficient (Wildman–Crippen LogP) is 5.00. The summed E-state index contributed by atoms with van der Waals surface area (Å²) in [6.45, 7) is 0. The van der Waals surface area contributed by atoms with Crippen molar-refractivity contribution in [3.05, 3.63) is 99.4 Å². The Morgan fingerprint density at radius 1 is 0.690 bits per heavy atom. The molecule has 0 heterocycles. The maximum Gasteiger partial charge on any atom is 0.103 e. The van der Waals surface area contributed by atoms with Crippen LogP contribution in [0.25, 0.3) is 24.3 Å². The summed E-state index contributed by atoms with van der Waals surface area (Å²) in [5.41, 5.74) is 8.42. The zero-order chi connectivity index (χ0) is 20.8. The first-order chi connectivity index (χ1) is 14.0. The lowest BCUT2D eigenvalue weighted by Crippen LogP contribution is -2.14. The summed E-state index contributed by atoms with van der Waals surface area (Å²) >= 11 is 0. The largest absolute Gasteiger partial charge is 0.769 e. The van der Waals surface area contributed by atoms with E-state index in [1.54, 1.807) is 36.4 Å². The normalized spacial score (nSPS) is 11.3.